The number of nitrogens with one attached hydrogen (secondary N) is 2. The summed E-state index contributed by atoms with van der Waals surface area (Å²) in [5, 5.41) is 24.3. The molecule has 57 heavy (non-hydrogen) atoms. The molecule has 2 fully saturated rings. The fraction of sp³-hybridized carbons (Fsp3) is 0.333. The van der Waals surface area contributed by atoms with E-state index < -0.39 is 39.7 Å². The number of nitrogens with zero attached hydrogens (tertiary/aromatic N) is 2. The van der Waals surface area contributed by atoms with Crippen LogP contribution in [0.25, 0.3) is 0 Å². The van der Waals surface area contributed by atoms with Crippen molar-refractivity contribution in [2.24, 2.45) is 5.92 Å². The first-order valence-electron chi connectivity index (χ1n) is 18.6. The summed E-state index contributed by atoms with van der Waals surface area (Å²) < 4.78 is 28.6. The zero-order valence-electron chi connectivity index (χ0n) is 30.7. The maximum atomic E-state index is 13.9. The summed E-state index contributed by atoms with van der Waals surface area (Å²) in [7, 11) is -2.50. The summed E-state index contributed by atoms with van der Waals surface area (Å²) in [6.07, 6.45) is 6.32. The van der Waals surface area contributed by atoms with Crippen LogP contribution in [0, 0.1) is 5.92 Å². The fourth-order valence-corrected chi connectivity index (χ4v) is 8.74. The maximum absolute atomic E-state index is 13.9. The Hall–Kier alpha value is -2.26. The van der Waals surface area contributed by atoms with Crippen LogP contribution >= 0.6 is 0 Å². The second kappa shape index (κ2) is 21.8. The zero-order chi connectivity index (χ0) is 39.1. The van der Waals surface area contributed by atoms with Crippen LogP contribution < -0.4 is 15.5 Å². The molecule has 2 amide bonds. The molecule has 2 aliphatic rings. The predicted octanol–water partition coefficient (Wildman–Crippen LogP) is 5.63. The van der Waals surface area contributed by atoms with Gasteiger partial charge in [-0.1, -0.05) is 30.3 Å². The normalized spacial score (nSPS) is 16.8. The fourth-order valence-electron chi connectivity index (χ4n) is 7.27. The Morgan fingerprint density at radius 3 is 1.93 bits per heavy atom. The first-order valence-corrected chi connectivity index (χ1v) is 20.1. The Morgan fingerprint density at radius 2 is 1.33 bits per heavy atom. The predicted molar refractivity (Wildman–Crippen MR) is 225 cm³/mol. The molecule has 1 aliphatic heterocycles. The number of carboxylic acids is 2. The number of rotatable bonds is 13. The summed E-state index contributed by atoms with van der Waals surface area (Å²) in [5.41, 5.74) is 4.36. The molecule has 0 bridgehead atoms. The number of carbonyl (C=O) groups is 4. The van der Waals surface area contributed by atoms with Gasteiger partial charge in [0.25, 0.3) is 11.8 Å². The second-order valence-corrected chi connectivity index (χ2v) is 16.3. The number of hydrogen-bond donors (Lipinski definition) is 4. The molecule has 292 valence electrons. The molecule has 6 rings (SSSR count). The Balaban J connectivity index is 0.00000360. The van der Waals surface area contributed by atoms with E-state index in [-0.39, 0.29) is 136 Å². The van der Waals surface area contributed by atoms with Crippen LogP contribution in [-0.4, -0.2) is 176 Å². The Morgan fingerprint density at radius 1 is 0.719 bits per heavy atom. The number of carboxylic acid groups (broad SMARTS) is 2. The average molecular weight is 847 g/mol. The number of benzene rings is 4. The van der Waals surface area contributed by atoms with Crippen molar-refractivity contribution in [2.75, 3.05) is 35.7 Å². The molecule has 0 spiro atoms. The number of piperidine rings is 1. The minimum absolute atomic E-state index is 0. The van der Waals surface area contributed by atoms with E-state index in [1.54, 1.807) is 24.3 Å². The van der Waals surface area contributed by atoms with Crippen LogP contribution in [0.4, 0.5) is 17.1 Å². The number of aliphatic carboxylic acids is 1. The molecule has 1 heterocycles. The molecule has 4 aromatic carbocycles. The summed E-state index contributed by atoms with van der Waals surface area (Å²) in [6.45, 7) is 1.71. The van der Waals surface area contributed by atoms with Crippen molar-refractivity contribution in [3.05, 3.63) is 119 Å². The van der Waals surface area contributed by atoms with Gasteiger partial charge in [-0.3, -0.25) is 14.4 Å². The van der Waals surface area contributed by atoms with Crippen LogP contribution in [0.2, 0.25) is 0 Å². The van der Waals surface area contributed by atoms with Crippen molar-refractivity contribution in [2.45, 2.75) is 68.7 Å². The minimum atomic E-state index is -3.99. The van der Waals surface area contributed by atoms with Crippen LogP contribution in [-0.2, 0) is 27.7 Å². The number of aromatic carboxylic acids is 1. The number of aryl methyl sites for hydroxylation is 2. The molecule has 0 atom stereocenters. The van der Waals surface area contributed by atoms with Crippen molar-refractivity contribution < 1.29 is 37.8 Å². The van der Waals surface area contributed by atoms with E-state index in [9.17, 15) is 32.7 Å². The van der Waals surface area contributed by atoms with Gasteiger partial charge < -0.3 is 25.7 Å². The quantitative estimate of drug-likeness (QED) is 0.125. The van der Waals surface area contributed by atoms with Crippen LogP contribution in [0.5, 0.6) is 0 Å². The second-order valence-electron chi connectivity index (χ2n) is 14.3. The number of sulfonamides is 1. The van der Waals surface area contributed by atoms with Gasteiger partial charge >= 0.3 is 115 Å². The molecule has 1 saturated carbocycles. The van der Waals surface area contributed by atoms with Crippen LogP contribution in [0.3, 0.4) is 0 Å². The van der Waals surface area contributed by atoms with E-state index in [4.69, 9.17) is 5.11 Å². The van der Waals surface area contributed by atoms with E-state index in [1.807, 2.05) is 42.5 Å². The summed E-state index contributed by atoms with van der Waals surface area (Å²) in [5.74, 6) is -3.31. The topological polar surface area (TPSA) is 173 Å². The first kappa shape index (κ1) is 47.4. The van der Waals surface area contributed by atoms with Crippen molar-refractivity contribution in [3.63, 3.8) is 0 Å². The van der Waals surface area contributed by atoms with Gasteiger partial charge in [-0.2, -0.15) is 4.31 Å². The molecule has 1 aliphatic carbocycles. The van der Waals surface area contributed by atoms with Gasteiger partial charge in [0.2, 0.25) is 10.0 Å². The van der Waals surface area contributed by atoms with Gasteiger partial charge in [0.05, 0.1) is 27.6 Å². The molecule has 4 N–H and O–H groups in total. The average Bonchev–Trinajstić information content (AvgIpc) is 3.21. The molecule has 0 radical (unpaired) electrons. The van der Waals surface area contributed by atoms with Crippen molar-refractivity contribution in [3.8, 4) is 0 Å². The van der Waals surface area contributed by atoms with Crippen molar-refractivity contribution in [1.82, 2.24) is 4.31 Å². The molecular formula is C42H48K2N4O8S. The monoisotopic (exact) mass is 846 g/mol. The summed E-state index contributed by atoms with van der Waals surface area (Å²) in [4.78, 5) is 52.3. The third kappa shape index (κ3) is 12.4. The van der Waals surface area contributed by atoms with Crippen molar-refractivity contribution in [1.29, 1.82) is 0 Å². The molecule has 4 aromatic rings. The van der Waals surface area contributed by atoms with E-state index in [2.05, 4.69) is 15.5 Å². The third-order valence-corrected chi connectivity index (χ3v) is 12.6. The Bertz CT molecular complexity index is 2150. The van der Waals surface area contributed by atoms with Crippen LogP contribution in [0.15, 0.2) is 95.9 Å². The number of carbonyl (C=O) groups excluding carboxylic acids is 2. The SMILES string of the molecule is CN(C1CCC(C(=O)O)CC1)S(=O)(=O)c1cccc(C(=O)Nc2ccc(N3CCCCC3)cc2C(=O)Nc2ccc(CCc3ccc(C(=O)O)cc3)cc2)c1.[KH].[KH]. The zero-order valence-corrected chi connectivity index (χ0v) is 31.6. The van der Waals surface area contributed by atoms with Crippen LogP contribution in [0.1, 0.15) is 87.1 Å². The van der Waals surface area contributed by atoms with Crippen molar-refractivity contribution >= 4 is 154 Å². The van der Waals surface area contributed by atoms with E-state index in [0.29, 0.717) is 31.4 Å². The van der Waals surface area contributed by atoms with Gasteiger partial charge in [-0.25, -0.2) is 13.2 Å². The van der Waals surface area contributed by atoms with Gasteiger partial charge in [-0.05, 0) is 130 Å². The molecule has 0 unspecified atom stereocenters. The van der Waals surface area contributed by atoms with E-state index in [1.165, 1.54) is 35.6 Å². The summed E-state index contributed by atoms with van der Waals surface area (Å²) in [6, 6.07) is 25.0. The standard InChI is InChI=1S/C42H46N4O8S.2K.2H/c1-45(34-20-16-31(17-21-34)42(51)52)55(53,54)36-7-5-6-32(26-36)39(47)44-38-23-22-35(46-24-3-2-4-25-46)27-37(38)40(48)43-33-18-12-29(13-19-33)9-8-28-10-14-30(15-11-28)41(49)50;;;;/h5-7,10-15,18-19,22-23,26-27,31,34H,2-4,8-9,16-17,20-21,24-25H2,1H3,(H,43,48)(H,44,47)(H,49,50)(H,51,52);;;;. The van der Waals surface area contributed by atoms with Gasteiger partial charge in [0.15, 0.2) is 0 Å². The first-order chi connectivity index (χ1) is 26.4. The molecule has 12 nitrogen and oxygen atoms in total. The van der Waals surface area contributed by atoms with Gasteiger partial charge in [-0.15, -0.1) is 0 Å². The molecule has 15 heteroatoms. The van der Waals surface area contributed by atoms with E-state index in [0.717, 1.165) is 62.0 Å². The molecule has 1 saturated heterocycles. The molecule has 0 aromatic heterocycles. The Kier molecular flexibility index (Phi) is 18.2. The van der Waals surface area contributed by atoms with E-state index >= 15 is 0 Å². The summed E-state index contributed by atoms with van der Waals surface area (Å²) >= 11 is 0. The number of anilines is 3. The molecular weight excluding hydrogens is 799 g/mol. The van der Waals surface area contributed by atoms with Gasteiger partial charge in [0, 0.05) is 43.1 Å². The Labute approximate surface area is 419 Å². The number of amides is 2. The number of hydrogen-bond acceptors (Lipinski definition) is 7. The van der Waals surface area contributed by atoms with Gasteiger partial charge in [0.1, 0.15) is 0 Å². The third-order valence-electron chi connectivity index (χ3n) is 10.7.